The lowest BCUT2D eigenvalue weighted by molar-refractivity contribution is -0.384. The molecule has 12 nitrogen and oxygen atoms in total. The molecular weight excluding hydrogens is 432 g/mol. The Morgan fingerprint density at radius 1 is 1.15 bits per heavy atom. The van der Waals surface area contributed by atoms with Gasteiger partial charge in [0.1, 0.15) is 0 Å². The monoisotopic (exact) mass is 452 g/mol. The van der Waals surface area contributed by atoms with Gasteiger partial charge in [0, 0.05) is 43.1 Å². The van der Waals surface area contributed by atoms with Gasteiger partial charge in [-0.05, 0) is 11.6 Å². The zero-order valence-corrected chi connectivity index (χ0v) is 18.0. The molecule has 0 aliphatic carbocycles. The standard InChI is InChI=1S/C21H20N6O6/c1-31-10-11-6-12(27(29)30)4-5-13(11)21(28)25-16-9-22-26-19(16)20-23-14-7-17(32-2)18(33-3)8-15(14)24-20/h4-9H,10H2,1-3H3,(H,22,26)(H,23,24)(H,25,28). The third-order valence-corrected chi connectivity index (χ3v) is 4.94. The van der Waals surface area contributed by atoms with Crippen molar-refractivity contribution >= 4 is 28.3 Å². The van der Waals surface area contributed by atoms with E-state index in [1.54, 1.807) is 19.2 Å². The molecule has 170 valence electrons. The maximum Gasteiger partial charge on any atom is 0.269 e. The number of nitrogens with zero attached hydrogens (tertiary/aromatic N) is 3. The highest BCUT2D eigenvalue weighted by atomic mass is 16.6. The van der Waals surface area contributed by atoms with Crippen molar-refractivity contribution in [1.29, 1.82) is 0 Å². The van der Waals surface area contributed by atoms with E-state index in [1.165, 1.54) is 38.6 Å². The van der Waals surface area contributed by atoms with Crippen LogP contribution in [0.25, 0.3) is 22.6 Å². The van der Waals surface area contributed by atoms with Crippen LogP contribution < -0.4 is 14.8 Å². The summed E-state index contributed by atoms with van der Waals surface area (Å²) in [7, 11) is 4.52. The Morgan fingerprint density at radius 3 is 2.61 bits per heavy atom. The summed E-state index contributed by atoms with van der Waals surface area (Å²) in [6.07, 6.45) is 1.52. The molecule has 0 aliphatic heterocycles. The first-order chi connectivity index (χ1) is 15.9. The van der Waals surface area contributed by atoms with E-state index >= 15 is 0 Å². The van der Waals surface area contributed by atoms with E-state index in [1.807, 2.05) is 0 Å². The molecular formula is C21H20N6O6. The summed E-state index contributed by atoms with van der Waals surface area (Å²) in [5, 5.41) is 20.8. The number of amides is 1. The fraction of sp³-hybridized carbons (Fsp3) is 0.190. The number of H-pyrrole nitrogens is 2. The molecule has 2 aromatic carbocycles. The molecule has 0 radical (unpaired) electrons. The van der Waals surface area contributed by atoms with Gasteiger partial charge in [-0.3, -0.25) is 20.0 Å². The number of nitro benzene ring substituents is 1. The molecule has 2 aromatic heterocycles. The SMILES string of the molecule is COCc1cc([N+](=O)[O-])ccc1C(=O)Nc1c[nH]nc1-c1nc2cc(OC)c(OC)cc2[nH]1. The van der Waals surface area contributed by atoms with E-state index in [9.17, 15) is 14.9 Å². The molecule has 0 saturated carbocycles. The lowest BCUT2D eigenvalue weighted by Gasteiger charge is -2.09. The zero-order chi connectivity index (χ0) is 23.5. The highest BCUT2D eigenvalue weighted by Crippen LogP contribution is 2.33. The molecule has 0 atom stereocenters. The smallest absolute Gasteiger partial charge is 0.269 e. The Morgan fingerprint density at radius 2 is 1.91 bits per heavy atom. The predicted octanol–water partition coefficient (Wildman–Crippen LogP) is 3.28. The van der Waals surface area contributed by atoms with Crippen molar-refractivity contribution in [3.63, 3.8) is 0 Å². The summed E-state index contributed by atoms with van der Waals surface area (Å²) in [6.45, 7) is 0.0376. The summed E-state index contributed by atoms with van der Waals surface area (Å²) >= 11 is 0. The van der Waals surface area contributed by atoms with Gasteiger partial charge in [-0.2, -0.15) is 5.10 Å². The van der Waals surface area contributed by atoms with Crippen molar-refractivity contribution in [2.24, 2.45) is 0 Å². The largest absolute Gasteiger partial charge is 0.493 e. The van der Waals surface area contributed by atoms with E-state index < -0.39 is 10.8 Å². The number of nitrogens with one attached hydrogen (secondary N) is 3. The average Bonchev–Trinajstić information content (AvgIpc) is 3.44. The number of aromatic amines is 2. The number of methoxy groups -OCH3 is 3. The molecule has 33 heavy (non-hydrogen) atoms. The Hall–Kier alpha value is -4.45. The number of benzene rings is 2. The second-order valence-electron chi connectivity index (χ2n) is 6.94. The van der Waals surface area contributed by atoms with Crippen molar-refractivity contribution in [2.45, 2.75) is 6.61 Å². The Balaban J connectivity index is 1.66. The first-order valence-corrected chi connectivity index (χ1v) is 9.68. The van der Waals surface area contributed by atoms with Gasteiger partial charge >= 0.3 is 0 Å². The van der Waals surface area contributed by atoms with Gasteiger partial charge in [0.25, 0.3) is 11.6 Å². The molecule has 0 spiro atoms. The number of non-ortho nitro benzene ring substituents is 1. The summed E-state index contributed by atoms with van der Waals surface area (Å²) in [5.41, 5.74) is 2.58. The number of rotatable bonds is 8. The highest BCUT2D eigenvalue weighted by molar-refractivity contribution is 6.07. The van der Waals surface area contributed by atoms with Crippen LogP contribution >= 0.6 is 0 Å². The van der Waals surface area contributed by atoms with Crippen LogP contribution in [0.3, 0.4) is 0 Å². The molecule has 0 unspecified atom stereocenters. The number of carbonyl (C=O) groups is 1. The Kier molecular flexibility index (Phi) is 5.91. The first-order valence-electron chi connectivity index (χ1n) is 9.68. The van der Waals surface area contributed by atoms with Crippen molar-refractivity contribution in [3.8, 4) is 23.0 Å². The van der Waals surface area contributed by atoms with Crippen LogP contribution in [0.2, 0.25) is 0 Å². The third kappa shape index (κ3) is 4.19. The van der Waals surface area contributed by atoms with Crippen LogP contribution in [0.4, 0.5) is 11.4 Å². The first kappa shape index (κ1) is 21.8. The topological polar surface area (TPSA) is 157 Å². The van der Waals surface area contributed by atoms with Gasteiger partial charge in [0.15, 0.2) is 23.0 Å². The number of nitro groups is 1. The van der Waals surface area contributed by atoms with Crippen LogP contribution in [-0.4, -0.2) is 52.3 Å². The van der Waals surface area contributed by atoms with Crippen LogP contribution in [-0.2, 0) is 11.3 Å². The number of carbonyl (C=O) groups excluding carboxylic acids is 1. The molecule has 12 heteroatoms. The van der Waals surface area contributed by atoms with E-state index in [-0.39, 0.29) is 17.9 Å². The fourth-order valence-corrected chi connectivity index (χ4v) is 3.39. The number of fused-ring (bicyclic) bond motifs is 1. The van der Waals surface area contributed by atoms with Gasteiger partial charge in [-0.25, -0.2) is 4.98 Å². The minimum atomic E-state index is -0.527. The quantitative estimate of drug-likeness (QED) is 0.271. The van der Waals surface area contributed by atoms with Crippen LogP contribution in [0, 0.1) is 10.1 Å². The van der Waals surface area contributed by atoms with Gasteiger partial charge in [0.2, 0.25) is 0 Å². The van der Waals surface area contributed by atoms with Crippen LogP contribution in [0.5, 0.6) is 11.5 Å². The third-order valence-electron chi connectivity index (χ3n) is 4.94. The summed E-state index contributed by atoms with van der Waals surface area (Å²) in [5.74, 6) is 1.01. The number of aromatic nitrogens is 4. The van der Waals surface area contributed by atoms with Crippen LogP contribution in [0.15, 0.2) is 36.5 Å². The van der Waals surface area contributed by atoms with Crippen molar-refractivity contribution in [1.82, 2.24) is 20.2 Å². The minimum Gasteiger partial charge on any atom is -0.493 e. The van der Waals surface area contributed by atoms with Gasteiger partial charge in [-0.1, -0.05) is 0 Å². The molecule has 4 aromatic rings. The van der Waals surface area contributed by atoms with Crippen molar-refractivity contribution in [3.05, 3.63) is 57.8 Å². The van der Waals surface area contributed by atoms with Gasteiger partial charge in [-0.15, -0.1) is 0 Å². The summed E-state index contributed by atoms with van der Waals surface area (Å²) in [6, 6.07) is 7.46. The number of ether oxygens (including phenoxy) is 3. The summed E-state index contributed by atoms with van der Waals surface area (Å²) in [4.78, 5) is 31.2. The van der Waals surface area contributed by atoms with E-state index in [0.717, 1.165) is 0 Å². The van der Waals surface area contributed by atoms with E-state index in [4.69, 9.17) is 14.2 Å². The number of imidazole rings is 1. The maximum atomic E-state index is 13.0. The number of hydrogen-bond donors (Lipinski definition) is 3. The Bertz CT molecular complexity index is 1300. The predicted molar refractivity (Wildman–Crippen MR) is 119 cm³/mol. The maximum absolute atomic E-state index is 13.0. The number of anilines is 1. The minimum absolute atomic E-state index is 0.0376. The molecule has 0 aliphatic rings. The van der Waals surface area contributed by atoms with Crippen molar-refractivity contribution < 1.29 is 23.9 Å². The van der Waals surface area contributed by atoms with Crippen LogP contribution in [0.1, 0.15) is 15.9 Å². The molecule has 2 heterocycles. The zero-order valence-electron chi connectivity index (χ0n) is 18.0. The fourth-order valence-electron chi connectivity index (χ4n) is 3.39. The molecule has 3 N–H and O–H groups in total. The lowest BCUT2D eigenvalue weighted by Crippen LogP contribution is -2.15. The van der Waals surface area contributed by atoms with Gasteiger partial charge in [0.05, 0.1) is 42.5 Å². The average molecular weight is 452 g/mol. The molecule has 0 saturated heterocycles. The second-order valence-corrected chi connectivity index (χ2v) is 6.94. The van der Waals surface area contributed by atoms with E-state index in [0.29, 0.717) is 45.3 Å². The molecule has 0 bridgehead atoms. The molecule has 4 rings (SSSR count). The highest BCUT2D eigenvalue weighted by Gasteiger charge is 2.20. The second kappa shape index (κ2) is 8.96. The van der Waals surface area contributed by atoms with Crippen molar-refractivity contribution in [2.75, 3.05) is 26.6 Å². The van der Waals surface area contributed by atoms with E-state index in [2.05, 4.69) is 25.5 Å². The normalized spacial score (nSPS) is 10.9. The Labute approximate surface area is 187 Å². The van der Waals surface area contributed by atoms with Gasteiger partial charge < -0.3 is 24.5 Å². The lowest BCUT2D eigenvalue weighted by atomic mass is 10.1. The number of hydrogen-bond acceptors (Lipinski definition) is 8. The molecule has 0 fully saturated rings. The summed E-state index contributed by atoms with van der Waals surface area (Å²) < 4.78 is 15.7. The molecule has 1 amide bonds.